The average Bonchev–Trinajstić information content (AvgIpc) is 3.12. The maximum atomic E-state index is 12.5. The number of allylic oxidation sites excluding steroid dienone is 1. The number of phenolic OH excluding ortho intramolecular Hbond substituents is 1. The van der Waals surface area contributed by atoms with Crippen molar-refractivity contribution < 1.29 is 28.9 Å². The van der Waals surface area contributed by atoms with Gasteiger partial charge in [0, 0.05) is 11.3 Å². The van der Waals surface area contributed by atoms with Crippen LogP contribution in [0.3, 0.4) is 0 Å². The average molecular weight is 369 g/mol. The van der Waals surface area contributed by atoms with Crippen molar-refractivity contribution in [2.45, 2.75) is 0 Å². The Labute approximate surface area is 156 Å². The Balaban J connectivity index is 1.82. The van der Waals surface area contributed by atoms with Crippen LogP contribution in [0.1, 0.15) is 15.9 Å². The molecule has 1 N–H and O–H groups in total. The molecule has 1 saturated heterocycles. The third-order valence-electron chi connectivity index (χ3n) is 4.13. The van der Waals surface area contributed by atoms with Crippen molar-refractivity contribution in [2.24, 2.45) is 0 Å². The van der Waals surface area contributed by atoms with Crippen LogP contribution in [0.4, 0.5) is 10.5 Å². The molecule has 2 aromatic carbocycles. The predicted molar refractivity (Wildman–Crippen MR) is 99.7 cm³/mol. The molecule has 3 rings (SSSR count). The van der Waals surface area contributed by atoms with Crippen LogP contribution in [-0.4, -0.2) is 44.4 Å². The van der Waals surface area contributed by atoms with Gasteiger partial charge in [0.25, 0.3) is 0 Å². The Hall–Kier alpha value is -3.48. The van der Waals surface area contributed by atoms with Crippen molar-refractivity contribution in [3.63, 3.8) is 0 Å². The summed E-state index contributed by atoms with van der Waals surface area (Å²) in [5.41, 5.74) is 1.69. The number of cyclic esters (lactones) is 1. The lowest BCUT2D eigenvalue weighted by atomic mass is 10.1. The first-order chi connectivity index (χ1) is 13.0. The number of nitrogens with zero attached hydrogens (tertiary/aromatic N) is 1. The van der Waals surface area contributed by atoms with E-state index in [2.05, 4.69) is 0 Å². The van der Waals surface area contributed by atoms with Gasteiger partial charge in [-0.15, -0.1) is 0 Å². The lowest BCUT2D eigenvalue weighted by Gasteiger charge is -2.13. The molecule has 0 unspecified atom stereocenters. The highest BCUT2D eigenvalue weighted by Gasteiger charge is 2.23. The Bertz CT molecular complexity index is 880. The normalized spacial score (nSPS) is 13.7. The second-order valence-corrected chi connectivity index (χ2v) is 5.79. The number of aromatic hydroxyl groups is 1. The fourth-order valence-corrected chi connectivity index (χ4v) is 2.73. The number of anilines is 1. The standard InChI is InChI=1S/C20H19NO6/c1-25-17-10-13(11-18(26-2)19(17)23)6-7-16(22)14-4-3-5-15(12-14)21-8-9-27-20(21)24/h3-7,10-12,23H,8-9H2,1-2H3/b7-6+. The van der Waals surface area contributed by atoms with Gasteiger partial charge in [-0.1, -0.05) is 18.2 Å². The number of ether oxygens (including phenoxy) is 3. The van der Waals surface area contributed by atoms with E-state index in [1.165, 1.54) is 25.2 Å². The number of carbonyl (C=O) groups excluding carboxylic acids is 2. The molecule has 7 nitrogen and oxygen atoms in total. The van der Waals surface area contributed by atoms with Gasteiger partial charge in [0.1, 0.15) is 6.61 Å². The molecule has 2 aromatic rings. The van der Waals surface area contributed by atoms with E-state index >= 15 is 0 Å². The number of hydrogen-bond donors (Lipinski definition) is 1. The summed E-state index contributed by atoms with van der Waals surface area (Å²) >= 11 is 0. The molecule has 7 heteroatoms. The third kappa shape index (κ3) is 3.87. The summed E-state index contributed by atoms with van der Waals surface area (Å²) in [5, 5.41) is 9.94. The number of hydrogen-bond acceptors (Lipinski definition) is 6. The molecule has 0 bridgehead atoms. The summed E-state index contributed by atoms with van der Waals surface area (Å²) in [6.45, 7) is 0.793. The molecule has 27 heavy (non-hydrogen) atoms. The maximum absolute atomic E-state index is 12.5. The first-order valence-electron chi connectivity index (χ1n) is 8.25. The summed E-state index contributed by atoms with van der Waals surface area (Å²) in [5.74, 6) is 0.163. The fraction of sp³-hybridized carbons (Fsp3) is 0.200. The summed E-state index contributed by atoms with van der Waals surface area (Å²) < 4.78 is 15.1. The van der Waals surface area contributed by atoms with Crippen molar-refractivity contribution in [1.29, 1.82) is 0 Å². The number of phenols is 1. The molecule has 1 aliphatic rings. The minimum Gasteiger partial charge on any atom is -0.502 e. The molecular formula is C20H19NO6. The quantitative estimate of drug-likeness (QED) is 0.621. The molecule has 0 spiro atoms. The maximum Gasteiger partial charge on any atom is 0.414 e. The summed E-state index contributed by atoms with van der Waals surface area (Å²) in [6.07, 6.45) is 2.59. The molecular weight excluding hydrogens is 350 g/mol. The van der Waals surface area contributed by atoms with Crippen molar-refractivity contribution in [3.8, 4) is 17.2 Å². The monoisotopic (exact) mass is 369 g/mol. The molecule has 0 aliphatic carbocycles. The second kappa shape index (κ2) is 7.82. The lowest BCUT2D eigenvalue weighted by molar-refractivity contribution is 0.104. The van der Waals surface area contributed by atoms with Crippen LogP contribution in [0.5, 0.6) is 17.2 Å². The smallest absolute Gasteiger partial charge is 0.414 e. The molecule has 0 atom stereocenters. The van der Waals surface area contributed by atoms with Gasteiger partial charge >= 0.3 is 6.09 Å². The van der Waals surface area contributed by atoms with Crippen LogP contribution in [-0.2, 0) is 4.74 Å². The van der Waals surface area contributed by atoms with Gasteiger partial charge in [-0.3, -0.25) is 9.69 Å². The summed E-state index contributed by atoms with van der Waals surface area (Å²) in [7, 11) is 2.87. The van der Waals surface area contributed by atoms with Crippen molar-refractivity contribution in [3.05, 3.63) is 53.6 Å². The SMILES string of the molecule is COc1cc(/C=C/C(=O)c2cccc(N3CCOC3=O)c2)cc(OC)c1O. The van der Waals surface area contributed by atoms with E-state index in [-0.39, 0.29) is 23.0 Å². The highest BCUT2D eigenvalue weighted by molar-refractivity contribution is 6.07. The van der Waals surface area contributed by atoms with Crippen LogP contribution in [0.25, 0.3) is 6.08 Å². The number of ketones is 1. The highest BCUT2D eigenvalue weighted by Crippen LogP contribution is 2.37. The Morgan fingerprint density at radius 2 is 1.89 bits per heavy atom. The van der Waals surface area contributed by atoms with Gasteiger partial charge in [0.15, 0.2) is 17.3 Å². The van der Waals surface area contributed by atoms with Gasteiger partial charge in [0.2, 0.25) is 5.75 Å². The van der Waals surface area contributed by atoms with Crippen LogP contribution in [0.2, 0.25) is 0 Å². The molecule has 1 aliphatic heterocycles. The number of carbonyl (C=O) groups is 2. The molecule has 0 aromatic heterocycles. The van der Waals surface area contributed by atoms with Crippen LogP contribution in [0, 0.1) is 0 Å². The number of methoxy groups -OCH3 is 2. The number of amides is 1. The van der Waals surface area contributed by atoms with Crippen molar-refractivity contribution in [2.75, 3.05) is 32.3 Å². The zero-order chi connectivity index (χ0) is 19.4. The van der Waals surface area contributed by atoms with Crippen LogP contribution >= 0.6 is 0 Å². The lowest BCUT2D eigenvalue weighted by Crippen LogP contribution is -2.23. The summed E-state index contributed by atoms with van der Waals surface area (Å²) in [6, 6.07) is 9.99. The Morgan fingerprint density at radius 1 is 1.19 bits per heavy atom. The Morgan fingerprint density at radius 3 is 2.48 bits per heavy atom. The van der Waals surface area contributed by atoms with Gasteiger partial charge in [-0.05, 0) is 35.9 Å². The minimum atomic E-state index is -0.418. The molecule has 1 heterocycles. The molecule has 1 fully saturated rings. The molecule has 0 radical (unpaired) electrons. The van der Waals surface area contributed by atoms with Gasteiger partial charge in [-0.25, -0.2) is 4.79 Å². The molecule has 0 saturated carbocycles. The van der Waals surface area contributed by atoms with Gasteiger partial charge in [0.05, 0.1) is 20.8 Å². The van der Waals surface area contributed by atoms with Gasteiger partial charge < -0.3 is 19.3 Å². The van der Waals surface area contributed by atoms with E-state index in [9.17, 15) is 14.7 Å². The van der Waals surface area contributed by atoms with E-state index in [1.807, 2.05) is 0 Å². The predicted octanol–water partition coefficient (Wildman–Crippen LogP) is 3.26. The van der Waals surface area contributed by atoms with E-state index in [4.69, 9.17) is 14.2 Å². The van der Waals surface area contributed by atoms with Crippen molar-refractivity contribution in [1.82, 2.24) is 0 Å². The number of rotatable bonds is 6. The molecule has 1 amide bonds. The van der Waals surface area contributed by atoms with E-state index in [1.54, 1.807) is 42.5 Å². The van der Waals surface area contributed by atoms with E-state index < -0.39 is 6.09 Å². The zero-order valence-corrected chi connectivity index (χ0v) is 15.0. The number of benzene rings is 2. The van der Waals surface area contributed by atoms with Gasteiger partial charge in [-0.2, -0.15) is 0 Å². The Kier molecular flexibility index (Phi) is 5.30. The fourth-order valence-electron chi connectivity index (χ4n) is 2.73. The zero-order valence-electron chi connectivity index (χ0n) is 15.0. The van der Waals surface area contributed by atoms with Crippen molar-refractivity contribution >= 4 is 23.6 Å². The first kappa shape index (κ1) is 18.3. The van der Waals surface area contributed by atoms with E-state index in [0.29, 0.717) is 30.0 Å². The van der Waals surface area contributed by atoms with Crippen LogP contribution in [0.15, 0.2) is 42.5 Å². The van der Waals surface area contributed by atoms with Crippen LogP contribution < -0.4 is 14.4 Å². The minimum absolute atomic E-state index is 0.103. The van der Waals surface area contributed by atoms with E-state index in [0.717, 1.165) is 0 Å². The summed E-state index contributed by atoms with van der Waals surface area (Å²) in [4.78, 5) is 25.7. The first-order valence-corrected chi connectivity index (χ1v) is 8.25. The highest BCUT2D eigenvalue weighted by atomic mass is 16.6. The molecule has 140 valence electrons. The third-order valence-corrected chi connectivity index (χ3v) is 4.13. The topological polar surface area (TPSA) is 85.3 Å². The second-order valence-electron chi connectivity index (χ2n) is 5.79. The largest absolute Gasteiger partial charge is 0.502 e.